The van der Waals surface area contributed by atoms with Gasteiger partial charge >= 0.3 is 0 Å². The van der Waals surface area contributed by atoms with Crippen molar-refractivity contribution in [3.05, 3.63) is 65.7 Å². The van der Waals surface area contributed by atoms with Gasteiger partial charge in [0.25, 0.3) is 0 Å². The van der Waals surface area contributed by atoms with Gasteiger partial charge in [-0.25, -0.2) is 0 Å². The molecule has 1 aliphatic heterocycles. The standard InChI is InChI=1S/C28H34N4O3/c1-4-34-25-14-10-21(17-26(25)35-5-2)18-29-28(33)23-7-6-16-32(19-23)27-15-13-24(30-31-27)22-11-8-20(3)9-12-22/h8-15,17,23H,4-7,16,18-19H2,1-3H3,(H,29,33)/t23-/m1/s1. The number of aryl methyl sites for hydroxylation is 1. The molecule has 1 aliphatic rings. The van der Waals surface area contributed by atoms with Gasteiger partial charge in [-0.1, -0.05) is 35.9 Å². The molecule has 0 saturated carbocycles. The molecule has 1 saturated heterocycles. The van der Waals surface area contributed by atoms with Gasteiger partial charge in [0.1, 0.15) is 0 Å². The van der Waals surface area contributed by atoms with Crippen LogP contribution in [-0.2, 0) is 11.3 Å². The lowest BCUT2D eigenvalue weighted by Crippen LogP contribution is -2.43. The molecule has 7 heteroatoms. The Hall–Kier alpha value is -3.61. The predicted octanol–water partition coefficient (Wildman–Crippen LogP) is 4.78. The Morgan fingerprint density at radius 3 is 2.49 bits per heavy atom. The zero-order valence-electron chi connectivity index (χ0n) is 20.8. The number of aromatic nitrogens is 2. The monoisotopic (exact) mass is 474 g/mol. The molecule has 35 heavy (non-hydrogen) atoms. The molecule has 7 nitrogen and oxygen atoms in total. The summed E-state index contributed by atoms with van der Waals surface area (Å²) in [6.45, 7) is 9.05. The van der Waals surface area contributed by atoms with Crippen LogP contribution in [-0.4, -0.2) is 42.4 Å². The van der Waals surface area contributed by atoms with Gasteiger partial charge in [0.05, 0.1) is 24.8 Å². The van der Waals surface area contributed by atoms with Gasteiger partial charge in [-0.2, -0.15) is 0 Å². The molecule has 2 aromatic carbocycles. The van der Waals surface area contributed by atoms with Gasteiger partial charge in [0.2, 0.25) is 5.91 Å². The molecule has 3 aromatic rings. The minimum absolute atomic E-state index is 0.0609. The van der Waals surface area contributed by atoms with Gasteiger partial charge in [0.15, 0.2) is 17.3 Å². The third-order valence-electron chi connectivity index (χ3n) is 6.19. The number of carbonyl (C=O) groups is 1. The molecule has 4 rings (SSSR count). The summed E-state index contributed by atoms with van der Waals surface area (Å²) in [7, 11) is 0. The van der Waals surface area contributed by atoms with E-state index in [1.807, 2.05) is 44.2 Å². The van der Waals surface area contributed by atoms with E-state index in [0.29, 0.717) is 32.1 Å². The maximum Gasteiger partial charge on any atom is 0.225 e. The first kappa shape index (κ1) is 24.5. The summed E-state index contributed by atoms with van der Waals surface area (Å²) in [5.74, 6) is 2.22. The normalized spacial score (nSPS) is 15.5. The number of piperidine rings is 1. The number of amides is 1. The Kier molecular flexibility index (Phi) is 8.19. The zero-order valence-corrected chi connectivity index (χ0v) is 20.8. The lowest BCUT2D eigenvalue weighted by molar-refractivity contribution is -0.125. The molecule has 1 atom stereocenters. The van der Waals surface area contributed by atoms with Crippen LogP contribution in [0.4, 0.5) is 5.82 Å². The predicted molar refractivity (Wildman–Crippen MR) is 138 cm³/mol. The SMILES string of the molecule is CCOc1ccc(CNC(=O)[C@@H]2CCCN(c3ccc(-c4ccc(C)cc4)nn3)C2)cc1OCC. The van der Waals surface area contributed by atoms with Gasteiger partial charge < -0.3 is 19.7 Å². The van der Waals surface area contributed by atoms with E-state index < -0.39 is 0 Å². The molecule has 0 radical (unpaired) electrons. The third-order valence-corrected chi connectivity index (χ3v) is 6.19. The molecule has 1 fully saturated rings. The molecule has 0 unspecified atom stereocenters. The van der Waals surface area contributed by atoms with Crippen molar-refractivity contribution in [3.63, 3.8) is 0 Å². The Balaban J connectivity index is 1.35. The summed E-state index contributed by atoms with van der Waals surface area (Å²) in [5.41, 5.74) is 4.10. The van der Waals surface area contributed by atoms with E-state index >= 15 is 0 Å². The largest absolute Gasteiger partial charge is 0.490 e. The fourth-order valence-corrected chi connectivity index (χ4v) is 4.31. The number of nitrogens with zero attached hydrogens (tertiary/aromatic N) is 3. The second-order valence-electron chi connectivity index (χ2n) is 8.79. The first-order chi connectivity index (χ1) is 17.1. The van der Waals surface area contributed by atoms with E-state index in [1.54, 1.807) is 0 Å². The number of hydrogen-bond donors (Lipinski definition) is 1. The highest BCUT2D eigenvalue weighted by atomic mass is 16.5. The van der Waals surface area contributed by atoms with Gasteiger partial charge in [-0.05, 0) is 63.4 Å². The molecular weight excluding hydrogens is 440 g/mol. The van der Waals surface area contributed by atoms with Crippen LogP contribution in [0, 0.1) is 12.8 Å². The summed E-state index contributed by atoms with van der Waals surface area (Å²) in [6.07, 6.45) is 1.81. The van der Waals surface area contributed by atoms with Crippen LogP contribution in [0.1, 0.15) is 37.8 Å². The molecule has 184 valence electrons. The van der Waals surface area contributed by atoms with Crippen molar-refractivity contribution in [1.29, 1.82) is 0 Å². The summed E-state index contributed by atoms with van der Waals surface area (Å²) in [5, 5.41) is 12.0. The number of anilines is 1. The molecular formula is C28H34N4O3. The van der Waals surface area contributed by atoms with Crippen LogP contribution in [0.2, 0.25) is 0 Å². The van der Waals surface area contributed by atoms with Gasteiger partial charge in [-0.15, -0.1) is 10.2 Å². The number of carbonyl (C=O) groups excluding carboxylic acids is 1. The number of nitrogens with one attached hydrogen (secondary N) is 1. The van der Waals surface area contributed by atoms with E-state index in [1.165, 1.54) is 5.56 Å². The smallest absolute Gasteiger partial charge is 0.225 e. The van der Waals surface area contributed by atoms with E-state index in [9.17, 15) is 4.79 Å². The summed E-state index contributed by atoms with van der Waals surface area (Å²) in [6, 6.07) is 18.1. The Labute approximate surface area is 207 Å². The minimum atomic E-state index is -0.0867. The average Bonchev–Trinajstić information content (AvgIpc) is 2.89. The maximum absolute atomic E-state index is 13.0. The highest BCUT2D eigenvalue weighted by molar-refractivity contribution is 5.79. The summed E-state index contributed by atoms with van der Waals surface area (Å²) < 4.78 is 11.3. The molecule has 2 heterocycles. The van der Waals surface area contributed by atoms with Crippen molar-refractivity contribution < 1.29 is 14.3 Å². The van der Waals surface area contributed by atoms with Gasteiger partial charge in [-0.3, -0.25) is 4.79 Å². The number of hydrogen-bond acceptors (Lipinski definition) is 6. The van der Waals surface area contributed by atoms with E-state index in [-0.39, 0.29) is 11.8 Å². The second-order valence-corrected chi connectivity index (χ2v) is 8.79. The molecule has 0 spiro atoms. The van der Waals surface area contributed by atoms with Crippen LogP contribution in [0.15, 0.2) is 54.6 Å². The maximum atomic E-state index is 13.0. The number of rotatable bonds is 9. The van der Waals surface area contributed by atoms with Crippen molar-refractivity contribution in [2.45, 2.75) is 40.2 Å². The number of ether oxygens (including phenoxy) is 2. The van der Waals surface area contributed by atoms with Crippen molar-refractivity contribution in [2.24, 2.45) is 5.92 Å². The molecule has 0 aliphatic carbocycles. The fourth-order valence-electron chi connectivity index (χ4n) is 4.31. The van der Waals surface area contributed by atoms with Crippen LogP contribution < -0.4 is 19.7 Å². The van der Waals surface area contributed by atoms with Crippen LogP contribution >= 0.6 is 0 Å². The van der Waals surface area contributed by atoms with Crippen molar-refractivity contribution in [2.75, 3.05) is 31.2 Å². The quantitative estimate of drug-likeness (QED) is 0.481. The number of benzene rings is 2. The lowest BCUT2D eigenvalue weighted by atomic mass is 9.97. The van der Waals surface area contributed by atoms with Crippen LogP contribution in [0.25, 0.3) is 11.3 Å². The van der Waals surface area contributed by atoms with Gasteiger partial charge in [0, 0.05) is 25.2 Å². The lowest BCUT2D eigenvalue weighted by Gasteiger charge is -2.32. The Bertz CT molecular complexity index is 1120. The highest BCUT2D eigenvalue weighted by Gasteiger charge is 2.26. The topological polar surface area (TPSA) is 76.6 Å². The molecule has 1 N–H and O–H groups in total. The third kappa shape index (κ3) is 6.29. The van der Waals surface area contributed by atoms with E-state index in [2.05, 4.69) is 51.6 Å². The van der Waals surface area contributed by atoms with Crippen LogP contribution in [0.3, 0.4) is 0 Å². The van der Waals surface area contributed by atoms with Crippen molar-refractivity contribution >= 4 is 11.7 Å². The molecule has 1 aromatic heterocycles. The Morgan fingerprint density at radius 2 is 1.77 bits per heavy atom. The zero-order chi connectivity index (χ0) is 24.6. The van der Waals surface area contributed by atoms with Crippen molar-refractivity contribution in [1.82, 2.24) is 15.5 Å². The van der Waals surface area contributed by atoms with Crippen molar-refractivity contribution in [3.8, 4) is 22.8 Å². The first-order valence-corrected chi connectivity index (χ1v) is 12.4. The first-order valence-electron chi connectivity index (χ1n) is 12.4. The molecule has 0 bridgehead atoms. The second kappa shape index (κ2) is 11.7. The fraction of sp³-hybridized carbons (Fsp3) is 0.393. The average molecular weight is 475 g/mol. The minimum Gasteiger partial charge on any atom is -0.490 e. The summed E-state index contributed by atoms with van der Waals surface area (Å²) in [4.78, 5) is 15.1. The Morgan fingerprint density at radius 1 is 1.00 bits per heavy atom. The highest BCUT2D eigenvalue weighted by Crippen LogP contribution is 2.29. The van der Waals surface area contributed by atoms with E-state index in [0.717, 1.165) is 47.8 Å². The van der Waals surface area contributed by atoms with E-state index in [4.69, 9.17) is 9.47 Å². The summed E-state index contributed by atoms with van der Waals surface area (Å²) >= 11 is 0. The molecule has 1 amide bonds. The van der Waals surface area contributed by atoms with Crippen LogP contribution in [0.5, 0.6) is 11.5 Å².